The van der Waals surface area contributed by atoms with E-state index in [4.69, 9.17) is 25.4 Å². The average Bonchev–Trinajstić information content (AvgIpc) is 3.50. The summed E-state index contributed by atoms with van der Waals surface area (Å²) in [6, 6.07) is 12.9. The van der Waals surface area contributed by atoms with Crippen molar-refractivity contribution in [2.75, 3.05) is 27.2 Å². The second kappa shape index (κ2) is 9.53. The molecule has 0 amide bonds. The van der Waals surface area contributed by atoms with Crippen molar-refractivity contribution < 1.29 is 19.6 Å². The summed E-state index contributed by atoms with van der Waals surface area (Å²) >= 11 is 0. The first-order valence-electron chi connectivity index (χ1n) is 11.5. The van der Waals surface area contributed by atoms with Gasteiger partial charge in [-0.3, -0.25) is 16.1 Å². The maximum Gasteiger partial charge on any atom is 0.327 e. The molecule has 0 unspecified atom stereocenters. The van der Waals surface area contributed by atoms with E-state index in [1.807, 2.05) is 38.2 Å². The van der Waals surface area contributed by atoms with Crippen molar-refractivity contribution in [3.8, 4) is 29.1 Å². The maximum atomic E-state index is 6.15. The highest BCUT2D eigenvalue weighted by Crippen LogP contribution is 2.32. The number of ether oxygens (including phenoxy) is 3. The molecular weight excluding hydrogens is 460 g/mol. The number of aromatic nitrogens is 4. The highest BCUT2D eigenvalue weighted by atomic mass is 16.5. The van der Waals surface area contributed by atoms with Crippen molar-refractivity contribution >= 4 is 22.8 Å². The third kappa shape index (κ3) is 4.63. The van der Waals surface area contributed by atoms with Gasteiger partial charge >= 0.3 is 6.01 Å². The summed E-state index contributed by atoms with van der Waals surface area (Å²) in [5, 5.41) is 5.80. The lowest BCUT2D eigenvalue weighted by atomic mass is 10.2. The van der Waals surface area contributed by atoms with E-state index in [-0.39, 0.29) is 17.7 Å². The number of aryl methyl sites for hydroxylation is 1. The molecule has 4 aromatic rings. The number of aromatic amines is 1. The van der Waals surface area contributed by atoms with Gasteiger partial charge in [-0.2, -0.15) is 9.97 Å². The molecule has 184 valence electrons. The molecule has 2 aromatic heterocycles. The van der Waals surface area contributed by atoms with Crippen molar-refractivity contribution in [2.24, 2.45) is 10.7 Å². The molecule has 0 radical (unpaired) electrons. The normalized spacial score (nSPS) is 13.1. The summed E-state index contributed by atoms with van der Waals surface area (Å²) in [6.45, 7) is 3.65. The number of imidazole rings is 1. The number of amidine groups is 2. The molecule has 1 aliphatic rings. The first-order valence-corrected chi connectivity index (χ1v) is 11.5. The largest absolute Gasteiger partial charge is 0.497 e. The van der Waals surface area contributed by atoms with Crippen LogP contribution in [0.15, 0.2) is 47.5 Å². The Hall–Kier alpha value is -4.67. The molecule has 11 nitrogen and oxygen atoms in total. The Morgan fingerprint density at radius 3 is 2.64 bits per heavy atom. The molecule has 3 heterocycles. The molecule has 0 aliphatic carbocycles. The SMILES string of the molecule is CCc1nc2nc(Oc3cccc(C4=NCCN4C)c3)nc(Oc3cc(OC)cc(C(N)=[NH2+])c3)c2[nH]1. The van der Waals surface area contributed by atoms with Crippen LogP contribution in [0.4, 0.5) is 0 Å². The van der Waals surface area contributed by atoms with Crippen LogP contribution in [-0.2, 0) is 6.42 Å². The van der Waals surface area contributed by atoms with E-state index < -0.39 is 0 Å². The van der Waals surface area contributed by atoms with Crippen molar-refractivity contribution in [3.05, 3.63) is 59.4 Å². The van der Waals surface area contributed by atoms with Gasteiger partial charge in [0.15, 0.2) is 5.65 Å². The number of hydrogen-bond acceptors (Lipinski definition) is 8. The van der Waals surface area contributed by atoms with Gasteiger partial charge in [0.1, 0.15) is 34.4 Å². The van der Waals surface area contributed by atoms with Crippen LogP contribution in [0.1, 0.15) is 23.9 Å². The third-order valence-corrected chi connectivity index (χ3v) is 5.70. The van der Waals surface area contributed by atoms with Crippen molar-refractivity contribution in [1.29, 1.82) is 0 Å². The fourth-order valence-corrected chi connectivity index (χ4v) is 3.86. The Morgan fingerprint density at radius 1 is 1.08 bits per heavy atom. The van der Waals surface area contributed by atoms with Gasteiger partial charge in [0.2, 0.25) is 0 Å². The van der Waals surface area contributed by atoms with E-state index in [2.05, 4.69) is 29.8 Å². The van der Waals surface area contributed by atoms with Crippen LogP contribution in [0.2, 0.25) is 0 Å². The molecule has 0 atom stereocenters. The molecule has 5 rings (SSSR count). The van der Waals surface area contributed by atoms with Crippen molar-refractivity contribution in [1.82, 2.24) is 24.8 Å². The molecule has 11 heteroatoms. The zero-order valence-corrected chi connectivity index (χ0v) is 20.3. The Kier molecular flexibility index (Phi) is 6.11. The minimum Gasteiger partial charge on any atom is -0.497 e. The monoisotopic (exact) mass is 487 g/mol. The van der Waals surface area contributed by atoms with Gasteiger partial charge in [-0.05, 0) is 24.3 Å². The number of rotatable bonds is 8. The number of aliphatic imine (C=N–C) groups is 1. The summed E-state index contributed by atoms with van der Waals surface area (Å²) < 4.78 is 17.6. The lowest BCUT2D eigenvalue weighted by Crippen LogP contribution is -2.46. The van der Waals surface area contributed by atoms with Crippen LogP contribution in [0, 0.1) is 0 Å². The minimum atomic E-state index is 0.0959. The van der Waals surface area contributed by atoms with Crippen LogP contribution in [0.3, 0.4) is 0 Å². The number of likely N-dealkylation sites (N-methyl/N-ethyl adjacent to an activating group) is 1. The summed E-state index contributed by atoms with van der Waals surface area (Å²) in [4.78, 5) is 23.5. The number of benzene rings is 2. The maximum absolute atomic E-state index is 6.15. The number of hydrogen-bond donors (Lipinski definition) is 3. The zero-order valence-electron chi connectivity index (χ0n) is 20.3. The van der Waals surface area contributed by atoms with E-state index in [0.29, 0.717) is 40.4 Å². The quantitative estimate of drug-likeness (QED) is 0.251. The highest BCUT2D eigenvalue weighted by Gasteiger charge is 2.19. The average molecular weight is 488 g/mol. The Bertz CT molecular complexity index is 1480. The van der Waals surface area contributed by atoms with Crippen LogP contribution in [-0.4, -0.2) is 63.8 Å². The molecule has 1 aliphatic heterocycles. The fraction of sp³-hybridized carbons (Fsp3) is 0.240. The molecule has 0 spiro atoms. The van der Waals surface area contributed by atoms with Gasteiger partial charge in [-0.25, -0.2) is 4.98 Å². The number of nitrogens with one attached hydrogen (secondary N) is 1. The second-order valence-corrected chi connectivity index (χ2v) is 8.26. The predicted octanol–water partition coefficient (Wildman–Crippen LogP) is 1.66. The molecule has 0 saturated carbocycles. The number of fused-ring (bicyclic) bond motifs is 1. The fourth-order valence-electron chi connectivity index (χ4n) is 3.86. The van der Waals surface area contributed by atoms with Crippen LogP contribution < -0.4 is 25.4 Å². The van der Waals surface area contributed by atoms with Gasteiger partial charge in [0, 0.05) is 31.6 Å². The van der Waals surface area contributed by atoms with E-state index in [9.17, 15) is 0 Å². The first kappa shape index (κ1) is 23.1. The minimum absolute atomic E-state index is 0.0959. The molecule has 0 fully saturated rings. The summed E-state index contributed by atoms with van der Waals surface area (Å²) in [6.07, 6.45) is 0.686. The van der Waals surface area contributed by atoms with E-state index in [0.717, 1.165) is 30.3 Å². The van der Waals surface area contributed by atoms with Crippen LogP contribution in [0.25, 0.3) is 11.2 Å². The Labute approximate surface area is 207 Å². The molecule has 2 aromatic carbocycles. The van der Waals surface area contributed by atoms with Gasteiger partial charge in [0.05, 0.1) is 19.2 Å². The molecule has 5 N–H and O–H groups in total. The summed E-state index contributed by atoms with van der Waals surface area (Å²) in [5.41, 5.74) is 8.30. The highest BCUT2D eigenvalue weighted by molar-refractivity contribution is 6.00. The topological polar surface area (TPSA) is 149 Å². The number of nitrogens with two attached hydrogens (primary N) is 2. The van der Waals surface area contributed by atoms with Crippen molar-refractivity contribution in [3.63, 3.8) is 0 Å². The lowest BCUT2D eigenvalue weighted by Gasteiger charge is -2.14. The predicted molar refractivity (Wildman–Crippen MR) is 135 cm³/mol. The molecular formula is C25H27N8O3+. The van der Waals surface area contributed by atoms with E-state index >= 15 is 0 Å². The van der Waals surface area contributed by atoms with Crippen molar-refractivity contribution in [2.45, 2.75) is 13.3 Å². The number of nitrogens with zero attached hydrogens (tertiary/aromatic N) is 5. The summed E-state index contributed by atoms with van der Waals surface area (Å²) in [5.74, 6) is 3.59. The van der Waals surface area contributed by atoms with Gasteiger partial charge in [0.25, 0.3) is 11.7 Å². The second-order valence-electron chi connectivity index (χ2n) is 8.26. The molecule has 0 bridgehead atoms. The van der Waals surface area contributed by atoms with E-state index in [1.54, 1.807) is 25.3 Å². The Balaban J connectivity index is 1.52. The third-order valence-electron chi connectivity index (χ3n) is 5.70. The zero-order chi connectivity index (χ0) is 25.2. The van der Waals surface area contributed by atoms with Gasteiger partial charge < -0.3 is 24.1 Å². The van der Waals surface area contributed by atoms with Crippen LogP contribution >= 0.6 is 0 Å². The Morgan fingerprint density at radius 2 is 1.92 bits per heavy atom. The number of methoxy groups -OCH3 is 1. The number of H-pyrrole nitrogens is 1. The first-order chi connectivity index (χ1) is 17.4. The van der Waals surface area contributed by atoms with Gasteiger partial charge in [-0.15, -0.1) is 0 Å². The molecule has 0 saturated heterocycles. The summed E-state index contributed by atoms with van der Waals surface area (Å²) in [7, 11) is 3.57. The smallest absolute Gasteiger partial charge is 0.327 e. The lowest BCUT2D eigenvalue weighted by molar-refractivity contribution is -0.114. The van der Waals surface area contributed by atoms with Gasteiger partial charge in [-0.1, -0.05) is 19.1 Å². The standard InChI is InChI=1S/C25H26N8O3/c1-4-19-29-20-22(30-19)31-25(36-16-7-5-6-14(10-16)23-28-8-9-33(23)2)32-24(20)35-18-12-15(21(26)27)11-17(13-18)34-3/h5-7,10-13H,4,8-9H2,1-3H3,(H3,26,27)(H,29,30,31,32)/p+1. The van der Waals surface area contributed by atoms with E-state index in [1.165, 1.54) is 0 Å². The molecule has 36 heavy (non-hydrogen) atoms. The van der Waals surface area contributed by atoms with Crippen LogP contribution in [0.5, 0.6) is 29.1 Å².